The van der Waals surface area contributed by atoms with Crippen LogP contribution < -0.4 is 5.32 Å². The molecular weight excluding hydrogens is 326 g/mol. The number of thioether (sulfide) groups is 1. The first-order chi connectivity index (χ1) is 11.5. The predicted octanol–water partition coefficient (Wildman–Crippen LogP) is 1.91. The summed E-state index contributed by atoms with van der Waals surface area (Å²) in [6, 6.07) is 6.09. The second-order valence-corrected chi connectivity index (χ2v) is 6.87. The van der Waals surface area contributed by atoms with Crippen LogP contribution in [0.4, 0.5) is 0 Å². The van der Waals surface area contributed by atoms with Gasteiger partial charge in [0.2, 0.25) is 11.1 Å². The Hall–Kier alpha value is -1.93. The van der Waals surface area contributed by atoms with Crippen molar-refractivity contribution in [3.05, 3.63) is 29.3 Å². The van der Waals surface area contributed by atoms with Gasteiger partial charge in [0.05, 0.1) is 10.9 Å². The van der Waals surface area contributed by atoms with E-state index in [0.717, 1.165) is 17.7 Å². The Balaban J connectivity index is 2.03. The topological polar surface area (TPSA) is 81.9 Å². The zero-order valence-electron chi connectivity index (χ0n) is 14.4. The molecule has 0 aliphatic carbocycles. The molecule has 0 radical (unpaired) electrons. The first-order valence-electron chi connectivity index (χ1n) is 7.82. The molecule has 1 heterocycles. The molecule has 7 nitrogen and oxygen atoms in total. The number of amides is 1. The molecule has 1 aromatic heterocycles. The molecule has 0 saturated heterocycles. The fraction of sp³-hybridized carbons (Fsp3) is 0.500. The minimum absolute atomic E-state index is 0.0359. The first-order valence-corrected chi connectivity index (χ1v) is 8.70. The third-order valence-electron chi connectivity index (χ3n) is 3.50. The Labute approximate surface area is 146 Å². The van der Waals surface area contributed by atoms with Crippen LogP contribution >= 0.6 is 11.8 Å². The molecule has 1 unspecified atom stereocenters. The van der Waals surface area contributed by atoms with Crippen molar-refractivity contribution >= 4 is 17.7 Å². The van der Waals surface area contributed by atoms with E-state index in [9.17, 15) is 4.79 Å². The summed E-state index contributed by atoms with van der Waals surface area (Å²) in [5, 5.41) is 15.1. The first kappa shape index (κ1) is 18.4. The van der Waals surface area contributed by atoms with Gasteiger partial charge in [-0.05, 0) is 49.2 Å². The molecule has 0 fully saturated rings. The number of aromatic nitrogens is 4. The third-order valence-corrected chi connectivity index (χ3v) is 4.53. The van der Waals surface area contributed by atoms with Crippen LogP contribution in [0.25, 0.3) is 5.69 Å². The Kier molecular flexibility index (Phi) is 6.74. The Morgan fingerprint density at radius 2 is 2.21 bits per heavy atom. The highest BCUT2D eigenvalue weighted by atomic mass is 32.2. The van der Waals surface area contributed by atoms with Crippen LogP contribution in [0.1, 0.15) is 24.5 Å². The quantitative estimate of drug-likeness (QED) is 0.579. The van der Waals surface area contributed by atoms with E-state index in [4.69, 9.17) is 4.74 Å². The molecule has 130 valence electrons. The van der Waals surface area contributed by atoms with Crippen LogP contribution in [0, 0.1) is 13.8 Å². The van der Waals surface area contributed by atoms with Crippen LogP contribution in [-0.2, 0) is 9.53 Å². The van der Waals surface area contributed by atoms with E-state index in [-0.39, 0.29) is 11.2 Å². The average Bonchev–Trinajstić information content (AvgIpc) is 2.99. The van der Waals surface area contributed by atoms with Crippen LogP contribution in [0.3, 0.4) is 0 Å². The molecule has 1 N–H and O–H groups in total. The van der Waals surface area contributed by atoms with Gasteiger partial charge in [0.25, 0.3) is 0 Å². The number of nitrogens with one attached hydrogen (secondary N) is 1. The number of tetrazole rings is 1. The number of aryl methyl sites for hydroxylation is 2. The van der Waals surface area contributed by atoms with Crippen molar-refractivity contribution in [3.8, 4) is 5.69 Å². The van der Waals surface area contributed by atoms with E-state index in [2.05, 4.69) is 26.9 Å². The highest BCUT2D eigenvalue weighted by Crippen LogP contribution is 2.24. The number of nitrogens with zero attached hydrogens (tertiary/aromatic N) is 4. The Bertz CT molecular complexity index is 689. The largest absolute Gasteiger partial charge is 0.385 e. The SMILES string of the molecule is COCCCNC(=O)C(C)Sc1nnnn1-c1ccc(C)cc1C. The van der Waals surface area contributed by atoms with E-state index < -0.39 is 0 Å². The van der Waals surface area contributed by atoms with Crippen LogP contribution in [-0.4, -0.2) is 51.6 Å². The maximum absolute atomic E-state index is 12.1. The van der Waals surface area contributed by atoms with Gasteiger partial charge in [-0.1, -0.05) is 29.5 Å². The van der Waals surface area contributed by atoms with Gasteiger partial charge in [0, 0.05) is 20.3 Å². The minimum Gasteiger partial charge on any atom is -0.385 e. The van der Waals surface area contributed by atoms with Crippen molar-refractivity contribution in [2.24, 2.45) is 0 Å². The molecular formula is C16H23N5O2S. The van der Waals surface area contributed by atoms with E-state index in [1.807, 2.05) is 32.9 Å². The number of hydrogen-bond acceptors (Lipinski definition) is 6. The average molecular weight is 349 g/mol. The molecule has 0 aliphatic rings. The van der Waals surface area contributed by atoms with E-state index in [1.165, 1.54) is 17.3 Å². The van der Waals surface area contributed by atoms with E-state index >= 15 is 0 Å². The second-order valence-electron chi connectivity index (χ2n) is 5.56. The number of methoxy groups -OCH3 is 1. The molecule has 2 aromatic rings. The molecule has 0 spiro atoms. The summed E-state index contributed by atoms with van der Waals surface area (Å²) in [5.74, 6) is -0.0359. The lowest BCUT2D eigenvalue weighted by Gasteiger charge is -2.12. The number of ether oxygens (including phenoxy) is 1. The fourth-order valence-electron chi connectivity index (χ4n) is 2.23. The maximum atomic E-state index is 12.1. The van der Waals surface area contributed by atoms with Crippen LogP contribution in [0.15, 0.2) is 23.4 Å². The van der Waals surface area contributed by atoms with Gasteiger partial charge in [0.15, 0.2) is 0 Å². The summed E-state index contributed by atoms with van der Waals surface area (Å²) in [7, 11) is 1.65. The van der Waals surface area contributed by atoms with Crippen molar-refractivity contribution < 1.29 is 9.53 Å². The molecule has 8 heteroatoms. The van der Waals surface area contributed by atoms with Gasteiger partial charge < -0.3 is 10.1 Å². The molecule has 1 aromatic carbocycles. The van der Waals surface area contributed by atoms with Crippen molar-refractivity contribution in [2.75, 3.05) is 20.3 Å². The van der Waals surface area contributed by atoms with Crippen LogP contribution in [0.2, 0.25) is 0 Å². The van der Waals surface area contributed by atoms with E-state index in [0.29, 0.717) is 18.3 Å². The summed E-state index contributed by atoms with van der Waals surface area (Å²) in [6.07, 6.45) is 0.792. The lowest BCUT2D eigenvalue weighted by molar-refractivity contribution is -0.120. The molecule has 1 amide bonds. The number of benzene rings is 1. The van der Waals surface area contributed by atoms with Gasteiger partial charge in [-0.2, -0.15) is 4.68 Å². The van der Waals surface area contributed by atoms with Crippen molar-refractivity contribution in [1.82, 2.24) is 25.5 Å². The summed E-state index contributed by atoms with van der Waals surface area (Å²) in [6.45, 7) is 7.14. The summed E-state index contributed by atoms with van der Waals surface area (Å²) < 4.78 is 6.64. The zero-order chi connectivity index (χ0) is 17.5. The normalized spacial score (nSPS) is 12.2. The minimum atomic E-state index is -0.289. The van der Waals surface area contributed by atoms with Crippen molar-refractivity contribution in [1.29, 1.82) is 0 Å². The standard InChI is InChI=1S/C16H23N5O2S/c1-11-6-7-14(12(2)10-11)21-16(18-19-20-21)24-13(3)15(22)17-8-5-9-23-4/h6-7,10,13H,5,8-9H2,1-4H3,(H,17,22). The monoisotopic (exact) mass is 349 g/mol. The molecule has 0 bridgehead atoms. The molecule has 1 atom stereocenters. The number of carbonyl (C=O) groups is 1. The number of rotatable bonds is 8. The van der Waals surface area contributed by atoms with Gasteiger partial charge >= 0.3 is 0 Å². The summed E-state index contributed by atoms with van der Waals surface area (Å²) in [4.78, 5) is 12.1. The van der Waals surface area contributed by atoms with Crippen LogP contribution in [0.5, 0.6) is 0 Å². The lowest BCUT2D eigenvalue weighted by atomic mass is 10.1. The lowest BCUT2D eigenvalue weighted by Crippen LogP contribution is -2.32. The smallest absolute Gasteiger partial charge is 0.233 e. The zero-order valence-corrected chi connectivity index (χ0v) is 15.3. The van der Waals surface area contributed by atoms with Gasteiger partial charge in [-0.15, -0.1) is 5.10 Å². The molecule has 0 aliphatic heterocycles. The highest BCUT2D eigenvalue weighted by molar-refractivity contribution is 8.00. The summed E-state index contributed by atoms with van der Waals surface area (Å²) in [5.41, 5.74) is 3.18. The van der Waals surface area contributed by atoms with Crippen molar-refractivity contribution in [3.63, 3.8) is 0 Å². The van der Waals surface area contributed by atoms with Crippen molar-refractivity contribution in [2.45, 2.75) is 37.6 Å². The van der Waals surface area contributed by atoms with Gasteiger partial charge in [-0.3, -0.25) is 4.79 Å². The highest BCUT2D eigenvalue weighted by Gasteiger charge is 2.19. The Morgan fingerprint density at radius 3 is 2.92 bits per heavy atom. The molecule has 24 heavy (non-hydrogen) atoms. The predicted molar refractivity (Wildman–Crippen MR) is 93.4 cm³/mol. The number of hydrogen-bond donors (Lipinski definition) is 1. The summed E-state index contributed by atoms with van der Waals surface area (Å²) >= 11 is 1.34. The molecule has 0 saturated carbocycles. The maximum Gasteiger partial charge on any atom is 0.233 e. The second kappa shape index (κ2) is 8.79. The fourth-order valence-corrected chi connectivity index (χ4v) is 3.06. The third kappa shape index (κ3) is 4.78. The van der Waals surface area contributed by atoms with E-state index in [1.54, 1.807) is 11.8 Å². The molecule has 2 rings (SSSR count). The Morgan fingerprint density at radius 1 is 1.42 bits per heavy atom. The van der Waals surface area contributed by atoms with Gasteiger partial charge in [0.1, 0.15) is 0 Å². The number of carbonyl (C=O) groups excluding carboxylic acids is 1. The van der Waals surface area contributed by atoms with Gasteiger partial charge in [-0.25, -0.2) is 0 Å².